The molecule has 0 saturated carbocycles. The molecule has 3 aromatic rings. The van der Waals surface area contributed by atoms with E-state index >= 15 is 0 Å². The molecule has 2 unspecified atom stereocenters. The monoisotopic (exact) mass is 421 g/mol. The Bertz CT molecular complexity index is 1080. The van der Waals surface area contributed by atoms with Crippen molar-refractivity contribution in [1.82, 2.24) is 15.2 Å². The highest BCUT2D eigenvalue weighted by Crippen LogP contribution is 2.44. The molecule has 7 nitrogen and oxygen atoms in total. The lowest BCUT2D eigenvalue weighted by Gasteiger charge is -2.41. The number of methoxy groups -OCH3 is 2. The smallest absolute Gasteiger partial charge is 0.254 e. The van der Waals surface area contributed by atoms with E-state index in [0.717, 1.165) is 22.0 Å². The number of fused-ring (bicyclic) bond motifs is 2. The van der Waals surface area contributed by atoms with Crippen molar-refractivity contribution in [2.75, 3.05) is 40.5 Å². The maximum absolute atomic E-state index is 13.5. The number of H-pyrrole nitrogens is 1. The summed E-state index contributed by atoms with van der Waals surface area (Å²) in [5.74, 6) is -0.777. The normalized spacial score (nSPS) is 18.3. The molecule has 0 spiro atoms. The third-order valence-corrected chi connectivity index (χ3v) is 5.80. The quantitative estimate of drug-likeness (QED) is 0.548. The van der Waals surface area contributed by atoms with Crippen LogP contribution in [0.25, 0.3) is 10.9 Å². The summed E-state index contributed by atoms with van der Waals surface area (Å²) >= 11 is 0. The molecule has 1 aromatic heterocycles. The van der Waals surface area contributed by atoms with Crippen molar-refractivity contribution in [3.63, 3.8) is 0 Å². The second kappa shape index (κ2) is 9.32. The second-order valence-corrected chi connectivity index (χ2v) is 7.57. The Morgan fingerprint density at radius 3 is 2.58 bits per heavy atom. The number of aromatic amines is 1. The zero-order chi connectivity index (χ0) is 21.8. The molecular formula is C24H27N3O4. The number of para-hydroxylation sites is 1. The summed E-state index contributed by atoms with van der Waals surface area (Å²) in [4.78, 5) is 32.0. The van der Waals surface area contributed by atoms with E-state index in [-0.39, 0.29) is 11.8 Å². The van der Waals surface area contributed by atoms with E-state index in [0.29, 0.717) is 31.9 Å². The van der Waals surface area contributed by atoms with Crippen molar-refractivity contribution < 1.29 is 19.1 Å². The van der Waals surface area contributed by atoms with Gasteiger partial charge in [0.05, 0.1) is 25.2 Å². The Morgan fingerprint density at radius 1 is 1.03 bits per heavy atom. The maximum Gasteiger partial charge on any atom is 0.254 e. The molecule has 4 rings (SSSR count). The molecule has 0 saturated heterocycles. The highest BCUT2D eigenvalue weighted by molar-refractivity contribution is 6.02. The largest absolute Gasteiger partial charge is 0.383 e. The number of hydrogen-bond acceptors (Lipinski definition) is 4. The fourth-order valence-corrected chi connectivity index (χ4v) is 4.38. The predicted molar refractivity (Wildman–Crippen MR) is 118 cm³/mol. The molecule has 0 aliphatic carbocycles. The summed E-state index contributed by atoms with van der Waals surface area (Å²) in [6.07, 6.45) is 1.91. The van der Waals surface area contributed by atoms with Crippen LogP contribution in [-0.4, -0.2) is 62.2 Å². The topological polar surface area (TPSA) is 83.7 Å². The summed E-state index contributed by atoms with van der Waals surface area (Å²) in [5.41, 5.74) is 3.18. The lowest BCUT2D eigenvalue weighted by molar-refractivity contribution is -0.124. The number of rotatable bonds is 8. The van der Waals surface area contributed by atoms with E-state index in [2.05, 4.69) is 10.3 Å². The molecule has 31 heavy (non-hydrogen) atoms. The highest BCUT2D eigenvalue weighted by atomic mass is 16.5. The third-order valence-electron chi connectivity index (χ3n) is 5.80. The number of hydrogen-bond donors (Lipinski definition) is 2. The van der Waals surface area contributed by atoms with Gasteiger partial charge in [-0.05, 0) is 17.7 Å². The van der Waals surface area contributed by atoms with Gasteiger partial charge in [0.1, 0.15) is 0 Å². The first-order chi connectivity index (χ1) is 15.2. The minimum Gasteiger partial charge on any atom is -0.383 e. The van der Waals surface area contributed by atoms with Gasteiger partial charge in [0.25, 0.3) is 5.91 Å². The average Bonchev–Trinajstić information content (AvgIpc) is 3.22. The summed E-state index contributed by atoms with van der Waals surface area (Å²) in [5, 5.41) is 3.98. The SMILES string of the molecule is COCCNC(=O)C1c2ccccc2C(=O)N(CCOC)C1c1c[nH]c2ccccc12. The number of nitrogens with zero attached hydrogens (tertiary/aromatic N) is 1. The number of carbonyl (C=O) groups excluding carboxylic acids is 2. The van der Waals surface area contributed by atoms with Gasteiger partial charge >= 0.3 is 0 Å². The predicted octanol–water partition coefficient (Wildman–Crippen LogP) is 2.86. The van der Waals surface area contributed by atoms with Gasteiger partial charge in [-0.3, -0.25) is 9.59 Å². The van der Waals surface area contributed by atoms with Crippen LogP contribution in [0.3, 0.4) is 0 Å². The zero-order valence-electron chi connectivity index (χ0n) is 17.8. The van der Waals surface area contributed by atoms with Crippen molar-refractivity contribution >= 4 is 22.7 Å². The Kier molecular flexibility index (Phi) is 6.34. The zero-order valence-corrected chi connectivity index (χ0v) is 17.8. The lowest BCUT2D eigenvalue weighted by Crippen LogP contribution is -2.48. The number of aromatic nitrogens is 1. The van der Waals surface area contributed by atoms with Crippen LogP contribution in [0.15, 0.2) is 54.7 Å². The van der Waals surface area contributed by atoms with Crippen molar-refractivity contribution in [1.29, 1.82) is 0 Å². The highest BCUT2D eigenvalue weighted by Gasteiger charge is 2.44. The van der Waals surface area contributed by atoms with E-state index in [4.69, 9.17) is 9.47 Å². The molecule has 162 valence electrons. The van der Waals surface area contributed by atoms with E-state index in [1.54, 1.807) is 25.2 Å². The number of nitrogens with one attached hydrogen (secondary N) is 2. The summed E-state index contributed by atoms with van der Waals surface area (Å²) in [7, 11) is 3.21. The van der Waals surface area contributed by atoms with Crippen LogP contribution in [0.4, 0.5) is 0 Å². The molecule has 2 amide bonds. The van der Waals surface area contributed by atoms with E-state index in [9.17, 15) is 9.59 Å². The van der Waals surface area contributed by atoms with Gasteiger partial charge in [0, 0.05) is 55.5 Å². The van der Waals surface area contributed by atoms with Gasteiger partial charge in [-0.1, -0.05) is 36.4 Å². The van der Waals surface area contributed by atoms with Crippen LogP contribution < -0.4 is 5.32 Å². The second-order valence-electron chi connectivity index (χ2n) is 7.57. The Hall–Kier alpha value is -3.16. The van der Waals surface area contributed by atoms with Crippen molar-refractivity contribution in [3.05, 3.63) is 71.4 Å². The minimum absolute atomic E-state index is 0.0936. The number of amides is 2. The molecule has 1 aliphatic rings. The van der Waals surface area contributed by atoms with E-state index in [1.165, 1.54) is 0 Å². The molecule has 2 heterocycles. The van der Waals surface area contributed by atoms with Gasteiger partial charge in [-0.15, -0.1) is 0 Å². The van der Waals surface area contributed by atoms with E-state index in [1.807, 2.05) is 48.7 Å². The van der Waals surface area contributed by atoms with Crippen LogP contribution in [0.1, 0.15) is 33.4 Å². The van der Waals surface area contributed by atoms with Crippen molar-refractivity contribution in [2.24, 2.45) is 0 Å². The fourth-order valence-electron chi connectivity index (χ4n) is 4.38. The van der Waals surface area contributed by atoms with Crippen LogP contribution in [0.2, 0.25) is 0 Å². The molecule has 0 bridgehead atoms. The van der Waals surface area contributed by atoms with Gasteiger partial charge in [0.15, 0.2) is 0 Å². The summed E-state index contributed by atoms with van der Waals surface area (Å²) < 4.78 is 10.4. The Morgan fingerprint density at radius 2 is 1.77 bits per heavy atom. The van der Waals surface area contributed by atoms with Crippen LogP contribution in [-0.2, 0) is 14.3 Å². The van der Waals surface area contributed by atoms with Crippen molar-refractivity contribution in [3.8, 4) is 0 Å². The number of ether oxygens (including phenoxy) is 2. The molecular weight excluding hydrogens is 394 g/mol. The first-order valence-electron chi connectivity index (χ1n) is 10.4. The average molecular weight is 421 g/mol. The van der Waals surface area contributed by atoms with Gasteiger partial charge < -0.3 is 24.7 Å². The molecule has 2 aromatic carbocycles. The first-order valence-corrected chi connectivity index (χ1v) is 10.4. The number of benzene rings is 2. The van der Waals surface area contributed by atoms with Crippen LogP contribution in [0.5, 0.6) is 0 Å². The van der Waals surface area contributed by atoms with Crippen molar-refractivity contribution in [2.45, 2.75) is 12.0 Å². The molecule has 7 heteroatoms. The van der Waals surface area contributed by atoms with Crippen LogP contribution in [0, 0.1) is 0 Å². The molecule has 0 radical (unpaired) electrons. The minimum atomic E-state index is -0.554. The number of carbonyl (C=O) groups is 2. The fraction of sp³-hybridized carbons (Fsp3) is 0.333. The Labute approximate surface area is 181 Å². The van der Waals surface area contributed by atoms with E-state index < -0.39 is 12.0 Å². The van der Waals surface area contributed by atoms with Gasteiger partial charge in [-0.2, -0.15) is 0 Å². The molecule has 2 N–H and O–H groups in total. The first kappa shape index (κ1) is 21.1. The van der Waals surface area contributed by atoms with Crippen LogP contribution >= 0.6 is 0 Å². The molecule has 1 aliphatic heterocycles. The lowest BCUT2D eigenvalue weighted by atomic mass is 9.79. The summed E-state index contributed by atoms with van der Waals surface area (Å²) in [6.45, 7) is 1.59. The standard InChI is InChI=1S/C24H27N3O4/c1-30-13-11-25-23(28)21-17-8-3-4-9-18(17)24(29)27(12-14-31-2)22(21)19-15-26-20-10-6-5-7-16(19)20/h3-10,15,21-22,26H,11-14H2,1-2H3,(H,25,28). The molecule has 0 fully saturated rings. The third kappa shape index (κ3) is 3.94. The Balaban J connectivity index is 1.86. The maximum atomic E-state index is 13.5. The van der Waals surface area contributed by atoms with Gasteiger partial charge in [0.2, 0.25) is 5.91 Å². The van der Waals surface area contributed by atoms with Gasteiger partial charge in [-0.25, -0.2) is 0 Å². The summed E-state index contributed by atoms with van der Waals surface area (Å²) in [6, 6.07) is 14.8. The molecule has 2 atom stereocenters.